The van der Waals surface area contributed by atoms with Crippen LogP contribution in [0.5, 0.6) is 0 Å². The lowest BCUT2D eigenvalue weighted by Gasteiger charge is -2.27. The molecule has 2 aliphatic carbocycles. The van der Waals surface area contributed by atoms with Crippen LogP contribution in [0, 0.1) is 28.6 Å². The topological polar surface area (TPSA) is 129 Å². The SMILES string of the molecule is C=C(C)C(=O)OC(C)OC(=O)CCC(=O)OC1C2CC3C1OC(=O)C3(C#N)C2. The maximum absolute atomic E-state index is 12.1. The van der Waals surface area contributed by atoms with E-state index in [-0.39, 0.29) is 30.3 Å². The van der Waals surface area contributed by atoms with Gasteiger partial charge in [0.1, 0.15) is 12.2 Å². The van der Waals surface area contributed by atoms with Crippen molar-refractivity contribution < 1.29 is 38.1 Å². The molecule has 1 heterocycles. The van der Waals surface area contributed by atoms with Crippen molar-refractivity contribution in [1.29, 1.82) is 5.26 Å². The van der Waals surface area contributed by atoms with Crippen molar-refractivity contribution >= 4 is 23.9 Å². The molecule has 0 amide bonds. The monoisotopic (exact) mass is 391 g/mol. The summed E-state index contributed by atoms with van der Waals surface area (Å²) in [6.07, 6.45) is -1.82. The van der Waals surface area contributed by atoms with E-state index in [0.717, 1.165) is 0 Å². The van der Waals surface area contributed by atoms with E-state index >= 15 is 0 Å². The zero-order valence-corrected chi connectivity index (χ0v) is 15.6. The Morgan fingerprint density at radius 2 is 2.00 bits per heavy atom. The predicted octanol–water partition coefficient (Wildman–Crippen LogP) is 1.16. The lowest BCUT2D eigenvalue weighted by Crippen LogP contribution is -2.39. The highest BCUT2D eigenvalue weighted by Gasteiger charge is 2.72. The van der Waals surface area contributed by atoms with Crippen LogP contribution in [0.3, 0.4) is 0 Å². The van der Waals surface area contributed by atoms with Gasteiger partial charge in [0.2, 0.25) is 6.29 Å². The van der Waals surface area contributed by atoms with Gasteiger partial charge in [0.15, 0.2) is 5.41 Å². The zero-order chi connectivity index (χ0) is 20.6. The first kappa shape index (κ1) is 19.9. The Labute approximate surface area is 161 Å². The van der Waals surface area contributed by atoms with Gasteiger partial charge in [-0.15, -0.1) is 0 Å². The minimum atomic E-state index is -1.10. The minimum absolute atomic E-state index is 0.0985. The summed E-state index contributed by atoms with van der Waals surface area (Å²) in [6, 6.07) is 2.08. The van der Waals surface area contributed by atoms with E-state index in [1.165, 1.54) is 13.8 Å². The van der Waals surface area contributed by atoms with Gasteiger partial charge in [-0.1, -0.05) is 6.58 Å². The highest BCUT2D eigenvalue weighted by molar-refractivity contribution is 5.87. The second-order valence-electron chi connectivity index (χ2n) is 7.46. The Bertz CT molecular complexity index is 783. The molecular formula is C19H21NO8. The quantitative estimate of drug-likeness (QED) is 0.272. The summed E-state index contributed by atoms with van der Waals surface area (Å²) >= 11 is 0. The molecule has 9 heteroatoms. The smallest absolute Gasteiger partial charge is 0.336 e. The van der Waals surface area contributed by atoms with Crippen LogP contribution in [0.1, 0.15) is 39.5 Å². The molecule has 3 aliphatic rings. The molecule has 1 aliphatic heterocycles. The number of carbonyl (C=O) groups excluding carboxylic acids is 4. The molecule has 0 aromatic heterocycles. The first-order valence-electron chi connectivity index (χ1n) is 9.05. The molecule has 0 aromatic rings. The van der Waals surface area contributed by atoms with Crippen LogP contribution in [0.15, 0.2) is 12.2 Å². The lowest BCUT2D eigenvalue weighted by atomic mass is 9.75. The van der Waals surface area contributed by atoms with Crippen LogP contribution in [-0.4, -0.2) is 42.4 Å². The molecule has 0 radical (unpaired) electrons. The predicted molar refractivity (Wildman–Crippen MR) is 89.7 cm³/mol. The van der Waals surface area contributed by atoms with E-state index in [1.807, 2.05) is 0 Å². The molecule has 9 nitrogen and oxygen atoms in total. The molecule has 2 bridgehead atoms. The Kier molecular flexibility index (Phi) is 5.15. The molecule has 6 atom stereocenters. The molecule has 0 N–H and O–H groups in total. The van der Waals surface area contributed by atoms with Crippen molar-refractivity contribution in [1.82, 2.24) is 0 Å². The van der Waals surface area contributed by atoms with E-state index in [0.29, 0.717) is 12.8 Å². The first-order valence-corrected chi connectivity index (χ1v) is 9.05. The van der Waals surface area contributed by atoms with Gasteiger partial charge < -0.3 is 18.9 Å². The van der Waals surface area contributed by atoms with Gasteiger partial charge in [-0.3, -0.25) is 14.4 Å². The second-order valence-corrected chi connectivity index (χ2v) is 7.46. The van der Waals surface area contributed by atoms with Crippen molar-refractivity contribution in [3.8, 4) is 6.07 Å². The summed E-state index contributed by atoms with van der Waals surface area (Å²) in [7, 11) is 0. The summed E-state index contributed by atoms with van der Waals surface area (Å²) in [5.74, 6) is -2.90. The maximum atomic E-state index is 12.1. The molecule has 3 fully saturated rings. The molecule has 1 saturated heterocycles. The molecule has 3 rings (SSSR count). The third-order valence-electron chi connectivity index (χ3n) is 5.49. The summed E-state index contributed by atoms with van der Waals surface area (Å²) < 4.78 is 20.4. The van der Waals surface area contributed by atoms with Gasteiger partial charge in [-0.2, -0.15) is 5.26 Å². The summed E-state index contributed by atoms with van der Waals surface area (Å²) in [6.45, 7) is 6.26. The van der Waals surface area contributed by atoms with E-state index < -0.39 is 47.8 Å². The Morgan fingerprint density at radius 1 is 1.32 bits per heavy atom. The van der Waals surface area contributed by atoms with Gasteiger partial charge in [0.05, 0.1) is 18.9 Å². The standard InChI is InChI=1S/C19H21NO8/c1-9(2)17(23)26-10(3)25-13(21)4-5-14(22)27-15-11-6-12-16(15)28-18(24)19(12,7-11)8-20/h10-12,15-16H,1,4-7H2,2-3H3. The number of hydrogen-bond acceptors (Lipinski definition) is 9. The van der Waals surface area contributed by atoms with Gasteiger partial charge >= 0.3 is 23.9 Å². The number of fused-ring (bicyclic) bond motifs is 1. The largest absolute Gasteiger partial charge is 0.458 e. The highest BCUT2D eigenvalue weighted by Crippen LogP contribution is 2.62. The summed E-state index contributed by atoms with van der Waals surface area (Å²) in [5, 5.41) is 9.36. The van der Waals surface area contributed by atoms with Gasteiger partial charge in [0.25, 0.3) is 0 Å². The number of hydrogen-bond donors (Lipinski definition) is 0. The lowest BCUT2D eigenvalue weighted by molar-refractivity contribution is -0.183. The number of carbonyl (C=O) groups is 4. The average Bonchev–Trinajstić information content (AvgIpc) is 3.21. The maximum Gasteiger partial charge on any atom is 0.336 e. The highest BCUT2D eigenvalue weighted by atomic mass is 16.7. The third kappa shape index (κ3) is 3.35. The number of rotatable bonds is 7. The number of esters is 4. The van der Waals surface area contributed by atoms with Crippen LogP contribution in [0.25, 0.3) is 0 Å². The third-order valence-corrected chi connectivity index (χ3v) is 5.49. The second kappa shape index (κ2) is 7.26. The van der Waals surface area contributed by atoms with Crippen LogP contribution < -0.4 is 0 Å². The van der Waals surface area contributed by atoms with Gasteiger partial charge in [-0.05, 0) is 19.8 Å². The van der Waals surface area contributed by atoms with Crippen molar-refractivity contribution in [2.24, 2.45) is 17.3 Å². The molecule has 150 valence electrons. The fraction of sp³-hybridized carbons (Fsp3) is 0.632. The molecule has 0 aromatic carbocycles. The van der Waals surface area contributed by atoms with Crippen molar-refractivity contribution in [2.45, 2.75) is 58.0 Å². The fourth-order valence-corrected chi connectivity index (χ4v) is 4.22. The van der Waals surface area contributed by atoms with Gasteiger partial charge in [-0.25, -0.2) is 4.79 Å². The molecule has 6 unspecified atom stereocenters. The first-order chi connectivity index (χ1) is 13.2. The Balaban J connectivity index is 1.44. The van der Waals surface area contributed by atoms with Gasteiger partial charge in [0, 0.05) is 24.3 Å². The summed E-state index contributed by atoms with van der Waals surface area (Å²) in [5.41, 5.74) is -0.926. The normalized spacial score (nSPS) is 32.8. The minimum Gasteiger partial charge on any atom is -0.458 e. The molecule has 0 spiro atoms. The van der Waals surface area contributed by atoms with Crippen molar-refractivity contribution in [2.75, 3.05) is 0 Å². The average molecular weight is 391 g/mol. The summed E-state index contributed by atoms with van der Waals surface area (Å²) in [4.78, 5) is 47.3. The molecule has 2 saturated carbocycles. The van der Waals surface area contributed by atoms with Crippen LogP contribution in [0.4, 0.5) is 0 Å². The molecule has 28 heavy (non-hydrogen) atoms. The van der Waals surface area contributed by atoms with E-state index in [4.69, 9.17) is 18.9 Å². The van der Waals surface area contributed by atoms with E-state index in [1.54, 1.807) is 0 Å². The Morgan fingerprint density at radius 3 is 2.64 bits per heavy atom. The number of nitriles is 1. The van der Waals surface area contributed by atoms with Crippen LogP contribution in [0.2, 0.25) is 0 Å². The Hall–Kier alpha value is -2.89. The number of nitrogens with zero attached hydrogens (tertiary/aromatic N) is 1. The number of ether oxygens (including phenoxy) is 4. The van der Waals surface area contributed by atoms with Crippen molar-refractivity contribution in [3.05, 3.63) is 12.2 Å². The van der Waals surface area contributed by atoms with Crippen molar-refractivity contribution in [3.63, 3.8) is 0 Å². The van der Waals surface area contributed by atoms with E-state index in [2.05, 4.69) is 12.6 Å². The van der Waals surface area contributed by atoms with Crippen LogP contribution in [-0.2, 0) is 38.1 Å². The molecular weight excluding hydrogens is 370 g/mol. The van der Waals surface area contributed by atoms with E-state index in [9.17, 15) is 24.4 Å². The zero-order valence-electron chi connectivity index (χ0n) is 15.6. The fourth-order valence-electron chi connectivity index (χ4n) is 4.22. The van der Waals surface area contributed by atoms with Crippen LogP contribution >= 0.6 is 0 Å².